The van der Waals surface area contributed by atoms with Gasteiger partial charge in [0.05, 0.1) is 5.69 Å². The number of nitrogens with two attached hydrogens (primary N) is 1. The van der Waals surface area contributed by atoms with E-state index < -0.39 is 0 Å². The summed E-state index contributed by atoms with van der Waals surface area (Å²) in [6.07, 6.45) is 0. The number of nitrogens with zero attached hydrogens (tertiary/aromatic N) is 4. The van der Waals surface area contributed by atoms with E-state index in [4.69, 9.17) is 21.9 Å². The molecule has 2 aromatic rings. The maximum absolute atomic E-state index is 6.08. The van der Waals surface area contributed by atoms with Crippen LogP contribution in [0, 0.1) is 6.92 Å². The lowest BCUT2D eigenvalue weighted by Gasteiger charge is -2.36. The zero-order valence-corrected chi connectivity index (χ0v) is 16.6. The van der Waals surface area contributed by atoms with Crippen LogP contribution in [0.3, 0.4) is 0 Å². The first-order chi connectivity index (χ1) is 11.1. The fourth-order valence-electron chi connectivity index (χ4n) is 2.60. The van der Waals surface area contributed by atoms with Gasteiger partial charge in [0.15, 0.2) is 11.7 Å². The first-order valence-electron chi connectivity index (χ1n) is 7.59. The topological polar surface area (TPSA) is 70.9 Å². The largest absolute Gasteiger partial charge is 0.370 e. The molecule has 0 amide bonds. The van der Waals surface area contributed by atoms with Crippen LogP contribution >= 0.6 is 35.6 Å². The number of benzene rings is 1. The molecule has 2 heterocycles. The summed E-state index contributed by atoms with van der Waals surface area (Å²) < 4.78 is 5.14. The summed E-state index contributed by atoms with van der Waals surface area (Å²) >= 11 is 5.93. The highest BCUT2D eigenvalue weighted by molar-refractivity contribution is 14.0. The standard InChI is InChI=1S/C16H20ClN5O.HI/c1-12-10-15(23-20-12)11-19-16(18)22-8-6-21(7-9-22)14-4-2-13(17)3-5-14;/h2-5,10H,6-9,11H2,1H3,(H2,18,19);1H. The molecule has 1 aliphatic heterocycles. The fourth-order valence-corrected chi connectivity index (χ4v) is 2.72. The summed E-state index contributed by atoms with van der Waals surface area (Å²) in [7, 11) is 0. The second-order valence-corrected chi connectivity index (χ2v) is 6.00. The van der Waals surface area contributed by atoms with Gasteiger partial charge in [-0.3, -0.25) is 0 Å². The van der Waals surface area contributed by atoms with Gasteiger partial charge >= 0.3 is 0 Å². The molecule has 130 valence electrons. The van der Waals surface area contributed by atoms with Crippen molar-refractivity contribution in [2.75, 3.05) is 31.1 Å². The summed E-state index contributed by atoms with van der Waals surface area (Å²) in [5.74, 6) is 1.28. The Morgan fingerprint density at radius 2 is 1.92 bits per heavy atom. The molecule has 3 rings (SSSR count). The van der Waals surface area contributed by atoms with E-state index in [9.17, 15) is 0 Å². The van der Waals surface area contributed by atoms with Gasteiger partial charge in [-0.15, -0.1) is 24.0 Å². The second kappa shape index (κ2) is 8.57. The third kappa shape index (κ3) is 4.76. The number of rotatable bonds is 3. The van der Waals surface area contributed by atoms with Crippen LogP contribution in [0.1, 0.15) is 11.5 Å². The van der Waals surface area contributed by atoms with Crippen molar-refractivity contribution in [3.05, 3.63) is 46.8 Å². The molecule has 1 aliphatic rings. The van der Waals surface area contributed by atoms with E-state index >= 15 is 0 Å². The van der Waals surface area contributed by atoms with Crippen molar-refractivity contribution in [2.24, 2.45) is 10.7 Å². The van der Waals surface area contributed by atoms with Gasteiger partial charge in [0, 0.05) is 43.0 Å². The van der Waals surface area contributed by atoms with Crippen LogP contribution in [0.5, 0.6) is 0 Å². The fraction of sp³-hybridized carbons (Fsp3) is 0.375. The van der Waals surface area contributed by atoms with Crippen molar-refractivity contribution in [2.45, 2.75) is 13.5 Å². The van der Waals surface area contributed by atoms with E-state index in [-0.39, 0.29) is 24.0 Å². The third-order valence-corrected chi connectivity index (χ3v) is 4.12. The highest BCUT2D eigenvalue weighted by Gasteiger charge is 2.18. The molecular formula is C16H21ClIN5O. The van der Waals surface area contributed by atoms with E-state index in [0.29, 0.717) is 12.5 Å². The number of aromatic nitrogens is 1. The number of halogens is 2. The summed E-state index contributed by atoms with van der Waals surface area (Å²) in [4.78, 5) is 8.80. The van der Waals surface area contributed by atoms with Crippen LogP contribution in [-0.2, 0) is 6.54 Å². The molecule has 0 radical (unpaired) electrons. The molecule has 2 N–H and O–H groups in total. The predicted molar refractivity (Wildman–Crippen MR) is 107 cm³/mol. The molecule has 1 saturated heterocycles. The van der Waals surface area contributed by atoms with Crippen LogP contribution < -0.4 is 10.6 Å². The van der Waals surface area contributed by atoms with Gasteiger partial charge in [0.1, 0.15) is 6.54 Å². The van der Waals surface area contributed by atoms with E-state index in [1.807, 2.05) is 37.3 Å². The molecule has 0 saturated carbocycles. The summed E-state index contributed by atoms with van der Waals surface area (Å²) in [5, 5.41) is 4.60. The van der Waals surface area contributed by atoms with Crippen LogP contribution in [0.4, 0.5) is 5.69 Å². The van der Waals surface area contributed by atoms with E-state index in [1.54, 1.807) is 0 Å². The van der Waals surface area contributed by atoms with Crippen molar-refractivity contribution in [1.29, 1.82) is 0 Å². The maximum atomic E-state index is 6.08. The van der Waals surface area contributed by atoms with Gasteiger partial charge in [0.2, 0.25) is 0 Å². The summed E-state index contributed by atoms with van der Waals surface area (Å²) in [6, 6.07) is 9.79. The Labute approximate surface area is 163 Å². The Hall–Kier alpha value is -1.48. The smallest absolute Gasteiger partial charge is 0.191 e. The van der Waals surface area contributed by atoms with E-state index in [0.717, 1.165) is 42.7 Å². The number of piperazine rings is 1. The zero-order chi connectivity index (χ0) is 16.2. The second-order valence-electron chi connectivity index (χ2n) is 5.56. The highest BCUT2D eigenvalue weighted by Crippen LogP contribution is 2.19. The lowest BCUT2D eigenvalue weighted by atomic mass is 10.2. The molecule has 0 bridgehead atoms. The van der Waals surface area contributed by atoms with Crippen LogP contribution in [0.15, 0.2) is 39.8 Å². The SMILES string of the molecule is Cc1cc(CN=C(N)N2CCN(c3ccc(Cl)cc3)CC2)on1.I. The minimum atomic E-state index is 0. The molecule has 0 unspecified atom stereocenters. The normalized spacial score (nSPS) is 15.3. The number of hydrogen-bond acceptors (Lipinski definition) is 4. The van der Waals surface area contributed by atoms with Crippen molar-refractivity contribution >= 4 is 47.2 Å². The molecule has 8 heteroatoms. The molecule has 0 aliphatic carbocycles. The number of anilines is 1. The molecule has 6 nitrogen and oxygen atoms in total. The Morgan fingerprint density at radius 3 is 2.50 bits per heavy atom. The minimum Gasteiger partial charge on any atom is -0.370 e. The van der Waals surface area contributed by atoms with Gasteiger partial charge in [-0.2, -0.15) is 0 Å². The molecule has 0 atom stereocenters. The van der Waals surface area contributed by atoms with Crippen molar-refractivity contribution < 1.29 is 4.52 Å². The Balaban J connectivity index is 0.00000208. The predicted octanol–water partition coefficient (Wildman–Crippen LogP) is 2.89. The number of aliphatic imine (C=N–C) groups is 1. The monoisotopic (exact) mass is 461 g/mol. The summed E-state index contributed by atoms with van der Waals surface area (Å²) in [6.45, 7) is 5.79. The van der Waals surface area contributed by atoms with Crippen molar-refractivity contribution in [3.63, 3.8) is 0 Å². The van der Waals surface area contributed by atoms with Crippen LogP contribution in [-0.4, -0.2) is 42.2 Å². The molecule has 1 aromatic heterocycles. The zero-order valence-electron chi connectivity index (χ0n) is 13.5. The van der Waals surface area contributed by atoms with Crippen molar-refractivity contribution in [3.8, 4) is 0 Å². The van der Waals surface area contributed by atoms with Crippen LogP contribution in [0.25, 0.3) is 0 Å². The minimum absolute atomic E-state index is 0. The molecule has 24 heavy (non-hydrogen) atoms. The van der Waals surface area contributed by atoms with Gasteiger partial charge in [-0.05, 0) is 31.2 Å². The van der Waals surface area contributed by atoms with E-state index in [1.165, 1.54) is 5.69 Å². The average molecular weight is 462 g/mol. The number of aryl methyl sites for hydroxylation is 1. The molecule has 0 spiro atoms. The van der Waals surface area contributed by atoms with Gasteiger partial charge in [-0.1, -0.05) is 16.8 Å². The molecule has 1 fully saturated rings. The van der Waals surface area contributed by atoms with Crippen molar-refractivity contribution in [1.82, 2.24) is 10.1 Å². The molecular weight excluding hydrogens is 441 g/mol. The highest BCUT2D eigenvalue weighted by atomic mass is 127. The molecule has 1 aromatic carbocycles. The summed E-state index contributed by atoms with van der Waals surface area (Å²) in [5.41, 5.74) is 8.12. The lowest BCUT2D eigenvalue weighted by Crippen LogP contribution is -2.51. The lowest BCUT2D eigenvalue weighted by molar-refractivity contribution is 0.371. The quantitative estimate of drug-likeness (QED) is 0.432. The Morgan fingerprint density at radius 1 is 1.25 bits per heavy atom. The first-order valence-corrected chi connectivity index (χ1v) is 7.97. The Kier molecular flexibility index (Phi) is 6.73. The third-order valence-electron chi connectivity index (χ3n) is 3.87. The maximum Gasteiger partial charge on any atom is 0.191 e. The number of guanidine groups is 1. The van der Waals surface area contributed by atoms with Gasteiger partial charge < -0.3 is 20.1 Å². The van der Waals surface area contributed by atoms with Gasteiger partial charge in [-0.25, -0.2) is 4.99 Å². The van der Waals surface area contributed by atoms with E-state index in [2.05, 4.69) is 19.9 Å². The van der Waals surface area contributed by atoms with Gasteiger partial charge in [0.25, 0.3) is 0 Å². The Bertz CT molecular complexity index is 680. The first kappa shape index (κ1) is 18.9. The average Bonchev–Trinajstić information content (AvgIpc) is 2.99. The number of hydrogen-bond donors (Lipinski definition) is 1. The van der Waals surface area contributed by atoms with Crippen LogP contribution in [0.2, 0.25) is 5.02 Å².